The molecule has 2 aromatic carbocycles. The second-order valence-corrected chi connectivity index (χ2v) is 10.4. The molecule has 218 valence electrons. The molecule has 2 aliphatic rings. The molecule has 0 aliphatic carbocycles. The predicted octanol–water partition coefficient (Wildman–Crippen LogP) is 4.59. The van der Waals surface area contributed by atoms with Crippen LogP contribution in [0.3, 0.4) is 0 Å². The van der Waals surface area contributed by atoms with Gasteiger partial charge in [0.15, 0.2) is 0 Å². The minimum atomic E-state index is -4.79. The maximum Gasteiger partial charge on any atom is 0.429 e. The first kappa shape index (κ1) is 28.4. The fourth-order valence-electron chi connectivity index (χ4n) is 5.52. The summed E-state index contributed by atoms with van der Waals surface area (Å²) in [5.41, 5.74) is 6.38. The van der Waals surface area contributed by atoms with E-state index < -0.39 is 30.1 Å². The minimum Gasteiger partial charge on any atom is -0.496 e. The zero-order valence-electron chi connectivity index (χ0n) is 22.1. The molecule has 13 heteroatoms. The number of carboxylic acid groups (broad SMARTS) is 1. The predicted molar refractivity (Wildman–Crippen MR) is 142 cm³/mol. The molecule has 2 aliphatic heterocycles. The molecule has 9 nitrogen and oxygen atoms in total. The number of halogens is 4. The van der Waals surface area contributed by atoms with Gasteiger partial charge in [0.1, 0.15) is 23.4 Å². The average molecular weight is 576 g/mol. The van der Waals surface area contributed by atoms with E-state index in [-0.39, 0.29) is 22.8 Å². The van der Waals surface area contributed by atoms with E-state index in [4.69, 9.17) is 15.2 Å². The average Bonchev–Trinajstić information content (AvgIpc) is 3.35. The maximum atomic E-state index is 14.2. The van der Waals surface area contributed by atoms with Gasteiger partial charge >= 0.3 is 12.1 Å². The minimum absolute atomic E-state index is 0.152. The highest BCUT2D eigenvalue weighted by atomic mass is 19.4. The summed E-state index contributed by atoms with van der Waals surface area (Å²) in [6.45, 7) is 1.64. The second kappa shape index (κ2) is 11.0. The number of carboxylic acids is 1. The van der Waals surface area contributed by atoms with Gasteiger partial charge in [0.2, 0.25) is 17.9 Å². The third-order valence-electron chi connectivity index (χ3n) is 7.74. The van der Waals surface area contributed by atoms with Crippen molar-refractivity contribution in [1.29, 1.82) is 0 Å². The van der Waals surface area contributed by atoms with E-state index in [0.717, 1.165) is 0 Å². The van der Waals surface area contributed by atoms with Crippen molar-refractivity contribution in [2.45, 2.75) is 37.6 Å². The molecule has 2 atom stereocenters. The molecule has 0 bridgehead atoms. The van der Waals surface area contributed by atoms with Gasteiger partial charge in [0.05, 0.1) is 7.11 Å². The number of nitrogens with zero attached hydrogens (tertiary/aromatic N) is 3. The zero-order valence-corrected chi connectivity index (χ0v) is 22.1. The Morgan fingerprint density at radius 2 is 1.85 bits per heavy atom. The Morgan fingerprint density at radius 1 is 1.15 bits per heavy atom. The largest absolute Gasteiger partial charge is 0.496 e. The molecule has 4 N–H and O–H groups in total. The van der Waals surface area contributed by atoms with Crippen LogP contribution in [0.5, 0.6) is 11.6 Å². The van der Waals surface area contributed by atoms with Gasteiger partial charge in [-0.2, -0.15) is 23.1 Å². The highest BCUT2D eigenvalue weighted by Gasteiger charge is 2.45. The Kier molecular flexibility index (Phi) is 7.64. The number of piperidine rings is 1. The Morgan fingerprint density at radius 3 is 2.46 bits per heavy atom. The van der Waals surface area contributed by atoms with Crippen molar-refractivity contribution in [3.63, 3.8) is 0 Å². The lowest BCUT2D eigenvalue weighted by molar-refractivity contribution is -0.198. The zero-order chi connectivity index (χ0) is 29.4. The first-order valence-corrected chi connectivity index (χ1v) is 13.0. The maximum absolute atomic E-state index is 14.2. The molecule has 0 amide bonds. The number of aliphatic carboxylic acids is 1. The number of ether oxygens (including phenoxy) is 2. The lowest BCUT2D eigenvalue weighted by Crippen LogP contribution is -2.41. The van der Waals surface area contributed by atoms with Crippen LogP contribution in [-0.2, 0) is 4.79 Å². The summed E-state index contributed by atoms with van der Waals surface area (Å²) in [5, 5.41) is 12.4. The first-order valence-electron chi connectivity index (χ1n) is 13.0. The van der Waals surface area contributed by atoms with E-state index in [1.807, 2.05) is 4.90 Å². The highest BCUT2D eigenvalue weighted by molar-refractivity contribution is 5.74. The topological polar surface area (TPSA) is 123 Å². The van der Waals surface area contributed by atoms with E-state index in [9.17, 15) is 27.5 Å². The van der Waals surface area contributed by atoms with E-state index in [1.165, 1.54) is 55.6 Å². The molecule has 1 aromatic heterocycles. The Hall–Kier alpha value is -4.13. The highest BCUT2D eigenvalue weighted by Crippen LogP contribution is 2.42. The van der Waals surface area contributed by atoms with Crippen LogP contribution in [0.2, 0.25) is 0 Å². The van der Waals surface area contributed by atoms with Crippen LogP contribution in [0.25, 0.3) is 11.1 Å². The normalized spacial score (nSPS) is 19.2. The number of nitrogen functional groups attached to an aromatic ring is 1. The van der Waals surface area contributed by atoms with Crippen LogP contribution in [-0.4, -0.2) is 60.0 Å². The molecule has 0 radical (unpaired) electrons. The molecule has 41 heavy (non-hydrogen) atoms. The molecule has 3 heterocycles. The smallest absolute Gasteiger partial charge is 0.429 e. The molecular weight excluding hydrogens is 546 g/mol. The summed E-state index contributed by atoms with van der Waals surface area (Å²) in [6, 6.07) is 10.0. The number of alkyl halides is 3. The fraction of sp³-hybridized carbons (Fsp3) is 0.393. The molecule has 1 spiro atoms. The first-order chi connectivity index (χ1) is 19.5. The SMILES string of the molecule is COc1ccc(F)cc1-c1ccc(C(Oc2cc(N3CCC4(CC3)CN[C@H](C(=O)O)C4)nc(N)n2)C(F)(F)F)cc1. The van der Waals surface area contributed by atoms with E-state index >= 15 is 0 Å². The van der Waals surface area contributed by atoms with Crippen molar-refractivity contribution in [2.24, 2.45) is 5.41 Å². The van der Waals surface area contributed by atoms with Crippen molar-refractivity contribution in [3.8, 4) is 22.8 Å². The van der Waals surface area contributed by atoms with Crippen LogP contribution >= 0.6 is 0 Å². The van der Waals surface area contributed by atoms with Crippen LogP contribution in [0, 0.1) is 11.2 Å². The number of carbonyl (C=O) groups is 1. The van der Waals surface area contributed by atoms with Gasteiger partial charge in [-0.1, -0.05) is 24.3 Å². The van der Waals surface area contributed by atoms with Crippen LogP contribution in [0.4, 0.5) is 29.3 Å². The van der Waals surface area contributed by atoms with Gasteiger partial charge in [0, 0.05) is 36.8 Å². The third kappa shape index (κ3) is 6.14. The van der Waals surface area contributed by atoms with Gasteiger partial charge in [-0.3, -0.25) is 4.79 Å². The second-order valence-electron chi connectivity index (χ2n) is 10.4. The summed E-state index contributed by atoms with van der Waals surface area (Å²) in [4.78, 5) is 21.3. The number of nitrogens with two attached hydrogens (primary N) is 1. The van der Waals surface area contributed by atoms with Gasteiger partial charge in [-0.25, -0.2) is 4.39 Å². The van der Waals surface area contributed by atoms with Crippen molar-refractivity contribution in [1.82, 2.24) is 15.3 Å². The van der Waals surface area contributed by atoms with Crippen LogP contribution in [0.1, 0.15) is 30.9 Å². The standard InChI is InChI=1S/C28H29F4N5O4/c1-40-21-7-6-18(29)12-19(21)16-2-4-17(5-3-16)24(28(30,31)32)41-23-13-22(35-26(33)36-23)37-10-8-27(9-11-37)14-20(25(38)39)34-15-27/h2-7,12-13,20,24,34H,8-11,14-15H2,1H3,(H,38,39)(H2,33,35,36)/t20-,24?/m0/s1. The number of rotatable bonds is 7. The number of nitrogens with one attached hydrogen (secondary N) is 1. The number of anilines is 2. The molecule has 5 rings (SSSR count). The third-order valence-corrected chi connectivity index (χ3v) is 7.74. The van der Waals surface area contributed by atoms with Crippen molar-refractivity contribution >= 4 is 17.7 Å². The molecule has 1 unspecified atom stereocenters. The van der Waals surface area contributed by atoms with E-state index in [2.05, 4.69) is 15.3 Å². The summed E-state index contributed by atoms with van der Waals surface area (Å²) in [7, 11) is 1.42. The van der Waals surface area contributed by atoms with Gasteiger partial charge < -0.3 is 30.5 Å². The summed E-state index contributed by atoms with van der Waals surface area (Å²) in [6.07, 6.45) is -5.23. The molecule has 3 aromatic rings. The lowest BCUT2D eigenvalue weighted by Gasteiger charge is -2.39. The number of hydrogen-bond acceptors (Lipinski definition) is 8. The van der Waals surface area contributed by atoms with Gasteiger partial charge in [-0.15, -0.1) is 0 Å². The summed E-state index contributed by atoms with van der Waals surface area (Å²) >= 11 is 0. The number of aromatic nitrogens is 2. The number of benzene rings is 2. The summed E-state index contributed by atoms with van der Waals surface area (Å²) in [5.74, 6) is -1.25. The molecule has 2 fully saturated rings. The van der Waals surface area contributed by atoms with Gasteiger partial charge in [-0.05, 0) is 48.4 Å². The van der Waals surface area contributed by atoms with Crippen molar-refractivity contribution in [2.75, 3.05) is 37.4 Å². The van der Waals surface area contributed by atoms with Crippen molar-refractivity contribution in [3.05, 3.63) is 59.9 Å². The quantitative estimate of drug-likeness (QED) is 0.347. The summed E-state index contributed by atoms with van der Waals surface area (Å²) < 4.78 is 67.0. The Bertz CT molecular complexity index is 1410. The Labute approximate surface area is 233 Å². The van der Waals surface area contributed by atoms with E-state index in [1.54, 1.807) is 0 Å². The van der Waals surface area contributed by atoms with E-state index in [0.29, 0.717) is 61.6 Å². The Balaban J connectivity index is 1.34. The fourth-order valence-corrected chi connectivity index (χ4v) is 5.52. The monoisotopic (exact) mass is 575 g/mol. The van der Waals surface area contributed by atoms with Crippen molar-refractivity contribution < 1.29 is 36.9 Å². The van der Waals surface area contributed by atoms with Crippen LogP contribution < -0.4 is 25.4 Å². The molecule has 0 saturated carbocycles. The molecule has 2 saturated heterocycles. The lowest BCUT2D eigenvalue weighted by atomic mass is 9.76. The van der Waals surface area contributed by atoms with Crippen LogP contribution in [0.15, 0.2) is 48.5 Å². The van der Waals surface area contributed by atoms with Gasteiger partial charge in [0.25, 0.3) is 0 Å². The number of methoxy groups -OCH3 is 1. The number of hydrogen-bond donors (Lipinski definition) is 3. The molecular formula is C28H29F4N5O4.